The maximum atomic E-state index is 12.1. The molecule has 9 heteroatoms. The number of nitrogens with two attached hydrogens (primary N) is 1. The van der Waals surface area contributed by atoms with E-state index < -0.39 is 0 Å². The van der Waals surface area contributed by atoms with Gasteiger partial charge in [-0.25, -0.2) is 9.97 Å². The standard InChI is InChI=1S/C22H21N7O2/c1-29(2)21(30)16-10-8-15(9-11-16)17-13-24-19(23)18(26-17)20-27-28-22(31-20)25-12-14-6-4-3-5-7-14/h3-11,13H,12H2,1-2H3,(H2,23,24)(H,25,28). The van der Waals surface area contributed by atoms with Gasteiger partial charge in [0, 0.05) is 31.8 Å². The summed E-state index contributed by atoms with van der Waals surface area (Å²) in [6.45, 7) is 0.543. The minimum Gasteiger partial charge on any atom is -0.402 e. The lowest BCUT2D eigenvalue weighted by Gasteiger charge is -2.10. The summed E-state index contributed by atoms with van der Waals surface area (Å²) in [6, 6.07) is 17.2. The molecule has 0 fully saturated rings. The topological polar surface area (TPSA) is 123 Å². The molecule has 0 aliphatic carbocycles. The van der Waals surface area contributed by atoms with Crippen LogP contribution in [0.4, 0.5) is 11.8 Å². The van der Waals surface area contributed by atoms with E-state index in [1.54, 1.807) is 44.6 Å². The van der Waals surface area contributed by atoms with Gasteiger partial charge < -0.3 is 20.4 Å². The van der Waals surface area contributed by atoms with Crippen LogP contribution >= 0.6 is 0 Å². The Morgan fingerprint density at radius 3 is 2.52 bits per heavy atom. The lowest BCUT2D eigenvalue weighted by Crippen LogP contribution is -2.21. The van der Waals surface area contributed by atoms with Crippen LogP contribution in [0.3, 0.4) is 0 Å². The number of hydrogen-bond donors (Lipinski definition) is 2. The molecule has 4 rings (SSSR count). The van der Waals surface area contributed by atoms with E-state index in [1.165, 1.54) is 4.90 Å². The highest BCUT2D eigenvalue weighted by Gasteiger charge is 2.16. The van der Waals surface area contributed by atoms with Crippen LogP contribution in [0.5, 0.6) is 0 Å². The van der Waals surface area contributed by atoms with Crippen molar-refractivity contribution in [2.24, 2.45) is 0 Å². The Bertz CT molecular complexity index is 1190. The first kappa shape index (κ1) is 20.0. The first-order valence-electron chi connectivity index (χ1n) is 9.57. The van der Waals surface area contributed by atoms with Crippen LogP contribution in [0.1, 0.15) is 15.9 Å². The lowest BCUT2D eigenvalue weighted by atomic mass is 10.1. The van der Waals surface area contributed by atoms with Gasteiger partial charge in [0.05, 0.1) is 11.9 Å². The number of nitrogen functional groups attached to an aromatic ring is 1. The summed E-state index contributed by atoms with van der Waals surface area (Å²) in [5.41, 5.74) is 9.32. The monoisotopic (exact) mass is 415 g/mol. The van der Waals surface area contributed by atoms with Crippen molar-refractivity contribution >= 4 is 17.7 Å². The highest BCUT2D eigenvalue weighted by molar-refractivity contribution is 5.94. The van der Waals surface area contributed by atoms with Crippen molar-refractivity contribution in [3.05, 3.63) is 71.9 Å². The molecule has 0 unspecified atom stereocenters. The summed E-state index contributed by atoms with van der Waals surface area (Å²) >= 11 is 0. The molecule has 2 heterocycles. The van der Waals surface area contributed by atoms with E-state index in [4.69, 9.17) is 10.2 Å². The van der Waals surface area contributed by atoms with Crippen LogP contribution in [-0.2, 0) is 6.54 Å². The van der Waals surface area contributed by atoms with Crippen LogP contribution in [0, 0.1) is 0 Å². The summed E-state index contributed by atoms with van der Waals surface area (Å²) in [7, 11) is 3.42. The number of carbonyl (C=O) groups excluding carboxylic acids is 1. The van der Waals surface area contributed by atoms with Gasteiger partial charge in [0.2, 0.25) is 0 Å². The molecule has 0 aliphatic rings. The fourth-order valence-corrected chi connectivity index (χ4v) is 2.90. The van der Waals surface area contributed by atoms with Crippen LogP contribution < -0.4 is 11.1 Å². The largest absolute Gasteiger partial charge is 0.402 e. The van der Waals surface area contributed by atoms with Gasteiger partial charge in [-0.05, 0) is 17.7 Å². The van der Waals surface area contributed by atoms with Crippen molar-refractivity contribution < 1.29 is 9.21 Å². The minimum absolute atomic E-state index is 0.0722. The molecular weight excluding hydrogens is 394 g/mol. The van der Waals surface area contributed by atoms with Gasteiger partial charge >= 0.3 is 6.01 Å². The zero-order valence-corrected chi connectivity index (χ0v) is 17.1. The zero-order valence-electron chi connectivity index (χ0n) is 17.1. The Morgan fingerprint density at radius 1 is 1.06 bits per heavy atom. The van der Waals surface area contributed by atoms with E-state index in [2.05, 4.69) is 25.5 Å². The van der Waals surface area contributed by atoms with Crippen molar-refractivity contribution in [3.8, 4) is 22.8 Å². The molecule has 0 saturated heterocycles. The number of nitrogens with one attached hydrogen (secondary N) is 1. The molecule has 2 aromatic heterocycles. The number of carbonyl (C=O) groups is 1. The van der Waals surface area contributed by atoms with Crippen molar-refractivity contribution in [2.45, 2.75) is 6.54 Å². The van der Waals surface area contributed by atoms with E-state index in [1.807, 2.05) is 30.3 Å². The number of nitrogens with zero attached hydrogens (tertiary/aromatic N) is 5. The number of benzene rings is 2. The fourth-order valence-electron chi connectivity index (χ4n) is 2.90. The highest BCUT2D eigenvalue weighted by atomic mass is 16.4. The first-order chi connectivity index (χ1) is 15.0. The second-order valence-electron chi connectivity index (χ2n) is 7.02. The first-order valence-corrected chi connectivity index (χ1v) is 9.57. The molecule has 9 nitrogen and oxygen atoms in total. The Morgan fingerprint density at radius 2 is 1.81 bits per heavy atom. The van der Waals surface area contributed by atoms with Crippen molar-refractivity contribution in [1.82, 2.24) is 25.1 Å². The summed E-state index contributed by atoms with van der Waals surface area (Å²) in [5, 5.41) is 11.1. The molecule has 3 N–H and O–H groups in total. The Balaban J connectivity index is 1.54. The predicted octanol–water partition coefficient (Wildman–Crippen LogP) is 3.09. The van der Waals surface area contributed by atoms with E-state index >= 15 is 0 Å². The predicted molar refractivity (Wildman–Crippen MR) is 117 cm³/mol. The fraction of sp³-hybridized carbons (Fsp3) is 0.136. The zero-order chi connectivity index (χ0) is 21.8. The van der Waals surface area contributed by atoms with Crippen LogP contribution in [0.25, 0.3) is 22.8 Å². The number of amides is 1. The smallest absolute Gasteiger partial charge is 0.316 e. The Hall–Kier alpha value is -4.27. The van der Waals surface area contributed by atoms with Gasteiger partial charge in [-0.1, -0.05) is 47.6 Å². The molecule has 0 aliphatic heterocycles. The maximum Gasteiger partial charge on any atom is 0.316 e. The van der Waals surface area contributed by atoms with E-state index in [0.717, 1.165) is 11.1 Å². The molecular formula is C22H21N7O2. The van der Waals surface area contributed by atoms with Gasteiger partial charge in [-0.3, -0.25) is 4.79 Å². The molecule has 0 bridgehead atoms. The maximum absolute atomic E-state index is 12.1. The van der Waals surface area contributed by atoms with E-state index in [9.17, 15) is 4.79 Å². The quantitative estimate of drug-likeness (QED) is 0.492. The van der Waals surface area contributed by atoms with Crippen LogP contribution in [0.2, 0.25) is 0 Å². The van der Waals surface area contributed by atoms with Crippen molar-refractivity contribution in [3.63, 3.8) is 0 Å². The molecule has 0 spiro atoms. The molecule has 0 atom stereocenters. The summed E-state index contributed by atoms with van der Waals surface area (Å²) < 4.78 is 5.67. The lowest BCUT2D eigenvalue weighted by molar-refractivity contribution is 0.0827. The molecule has 0 saturated carbocycles. The molecule has 1 amide bonds. The van der Waals surface area contributed by atoms with Gasteiger partial charge in [0.15, 0.2) is 11.5 Å². The molecule has 2 aromatic carbocycles. The average molecular weight is 415 g/mol. The number of anilines is 2. The molecule has 31 heavy (non-hydrogen) atoms. The minimum atomic E-state index is -0.0722. The van der Waals surface area contributed by atoms with Gasteiger partial charge in [0.25, 0.3) is 11.8 Å². The van der Waals surface area contributed by atoms with Crippen molar-refractivity contribution in [2.75, 3.05) is 25.1 Å². The molecule has 0 radical (unpaired) electrons. The Labute approximate surface area is 179 Å². The number of hydrogen-bond acceptors (Lipinski definition) is 8. The number of aromatic nitrogens is 4. The van der Waals surface area contributed by atoms with Crippen LogP contribution in [0.15, 0.2) is 65.2 Å². The third-order valence-electron chi connectivity index (χ3n) is 4.55. The second kappa shape index (κ2) is 8.62. The van der Waals surface area contributed by atoms with Gasteiger partial charge in [-0.15, -0.1) is 5.10 Å². The average Bonchev–Trinajstić information content (AvgIpc) is 3.27. The summed E-state index contributed by atoms with van der Waals surface area (Å²) in [5.74, 6) is 0.278. The third-order valence-corrected chi connectivity index (χ3v) is 4.55. The summed E-state index contributed by atoms with van der Waals surface area (Å²) in [6.07, 6.45) is 1.56. The normalized spacial score (nSPS) is 10.6. The number of rotatable bonds is 6. The van der Waals surface area contributed by atoms with E-state index in [-0.39, 0.29) is 23.6 Å². The molecule has 4 aromatic rings. The van der Waals surface area contributed by atoms with Gasteiger partial charge in [0.1, 0.15) is 0 Å². The third kappa shape index (κ3) is 4.50. The van der Waals surface area contributed by atoms with E-state index in [0.29, 0.717) is 23.5 Å². The Kier molecular flexibility index (Phi) is 5.57. The summed E-state index contributed by atoms with van der Waals surface area (Å²) in [4.78, 5) is 22.4. The SMILES string of the molecule is CN(C)C(=O)c1ccc(-c2cnc(N)c(-c3nnc(NCc4ccccc4)o3)n2)cc1. The second-order valence-corrected chi connectivity index (χ2v) is 7.02. The van der Waals surface area contributed by atoms with Gasteiger partial charge in [-0.2, -0.15) is 0 Å². The van der Waals surface area contributed by atoms with Crippen molar-refractivity contribution in [1.29, 1.82) is 0 Å². The van der Waals surface area contributed by atoms with Crippen LogP contribution in [-0.4, -0.2) is 45.1 Å². The molecule has 156 valence electrons. The highest BCUT2D eigenvalue weighted by Crippen LogP contribution is 2.26.